The summed E-state index contributed by atoms with van der Waals surface area (Å²) in [5, 5.41) is 0. The number of hydrogen-bond donors (Lipinski definition) is 0. The van der Waals surface area contributed by atoms with Crippen LogP contribution in [0.4, 0.5) is 0 Å². The van der Waals surface area contributed by atoms with Crippen molar-refractivity contribution in [1.29, 1.82) is 0 Å². The smallest absolute Gasteiger partial charge is 0.120 e. The lowest BCUT2D eigenvalue weighted by Gasteiger charge is -1.90. The molecule has 0 atom stereocenters. The van der Waals surface area contributed by atoms with E-state index < -0.39 is 0 Å². The largest absolute Gasteiger partial charge is 0.303 e. The van der Waals surface area contributed by atoms with Gasteiger partial charge in [-0.2, -0.15) is 0 Å². The number of hydrogen-bond acceptors (Lipinski definition) is 1. The van der Waals surface area contributed by atoms with Crippen molar-refractivity contribution in [3.05, 3.63) is 35.4 Å². The third kappa shape index (κ3) is 3.57. The highest BCUT2D eigenvalue weighted by Gasteiger charge is 1.85. The van der Waals surface area contributed by atoms with E-state index in [1.165, 1.54) is 5.56 Å². The summed E-state index contributed by atoms with van der Waals surface area (Å²) in [7, 11) is 0. The Morgan fingerprint density at radius 3 is 2.62 bits per heavy atom. The van der Waals surface area contributed by atoms with Crippen LogP contribution in [0.3, 0.4) is 0 Å². The molecule has 0 aliphatic rings. The molecule has 0 heterocycles. The monoisotopic (exact) mass is 172 g/mol. The van der Waals surface area contributed by atoms with Gasteiger partial charge in [0, 0.05) is 18.4 Å². The molecule has 1 aromatic rings. The van der Waals surface area contributed by atoms with Crippen LogP contribution < -0.4 is 0 Å². The van der Waals surface area contributed by atoms with Crippen LogP contribution >= 0.6 is 0 Å². The molecule has 0 unspecified atom stereocenters. The molecular formula is C12H12O. The minimum Gasteiger partial charge on any atom is -0.303 e. The lowest BCUT2D eigenvalue weighted by atomic mass is 10.1. The van der Waals surface area contributed by atoms with Gasteiger partial charge in [-0.05, 0) is 19.1 Å². The summed E-state index contributed by atoms with van der Waals surface area (Å²) in [5.74, 6) is 5.94. The maximum absolute atomic E-state index is 9.99. The average Bonchev–Trinajstić information content (AvgIpc) is 2.15. The fourth-order valence-corrected chi connectivity index (χ4v) is 0.933. The van der Waals surface area contributed by atoms with Gasteiger partial charge in [0.05, 0.1) is 0 Å². The molecule has 0 saturated carbocycles. The van der Waals surface area contributed by atoms with Gasteiger partial charge < -0.3 is 4.79 Å². The van der Waals surface area contributed by atoms with E-state index in [1.807, 2.05) is 31.2 Å². The molecule has 0 N–H and O–H groups in total. The van der Waals surface area contributed by atoms with Crippen LogP contribution in [0.5, 0.6) is 0 Å². The molecule has 1 nitrogen and oxygen atoms in total. The zero-order valence-corrected chi connectivity index (χ0v) is 7.71. The summed E-state index contributed by atoms with van der Waals surface area (Å²) in [6, 6.07) is 8.04. The van der Waals surface area contributed by atoms with Crippen LogP contribution in [0.15, 0.2) is 24.3 Å². The highest BCUT2D eigenvalue weighted by atomic mass is 16.1. The number of carbonyl (C=O) groups excluding carboxylic acids is 1. The van der Waals surface area contributed by atoms with Crippen molar-refractivity contribution in [3.8, 4) is 11.8 Å². The maximum atomic E-state index is 9.99. The number of rotatable bonds is 2. The van der Waals surface area contributed by atoms with E-state index in [0.717, 1.165) is 11.8 Å². The first-order chi connectivity index (χ1) is 6.33. The van der Waals surface area contributed by atoms with Gasteiger partial charge in [-0.25, -0.2) is 0 Å². The molecule has 0 spiro atoms. The Kier molecular flexibility index (Phi) is 3.78. The van der Waals surface area contributed by atoms with E-state index in [0.29, 0.717) is 12.8 Å². The third-order valence-corrected chi connectivity index (χ3v) is 1.67. The van der Waals surface area contributed by atoms with Gasteiger partial charge in [0.15, 0.2) is 0 Å². The van der Waals surface area contributed by atoms with E-state index in [-0.39, 0.29) is 0 Å². The summed E-state index contributed by atoms with van der Waals surface area (Å²) in [6.07, 6.45) is 2.07. The molecule has 0 aromatic heterocycles. The zero-order valence-electron chi connectivity index (χ0n) is 7.71. The van der Waals surface area contributed by atoms with Crippen LogP contribution in [0.2, 0.25) is 0 Å². The number of unbranched alkanes of at least 4 members (excludes halogenated alkanes) is 1. The summed E-state index contributed by atoms with van der Waals surface area (Å²) in [4.78, 5) is 9.99. The van der Waals surface area contributed by atoms with E-state index in [9.17, 15) is 4.79 Å². The van der Waals surface area contributed by atoms with Crippen molar-refractivity contribution in [2.45, 2.75) is 19.8 Å². The minimum atomic E-state index is 0.527. The van der Waals surface area contributed by atoms with Crippen molar-refractivity contribution in [2.24, 2.45) is 0 Å². The second-order valence-corrected chi connectivity index (χ2v) is 2.87. The first-order valence-electron chi connectivity index (χ1n) is 4.32. The van der Waals surface area contributed by atoms with Crippen molar-refractivity contribution < 1.29 is 4.79 Å². The van der Waals surface area contributed by atoms with Crippen LogP contribution in [-0.2, 0) is 4.79 Å². The first-order valence-corrected chi connectivity index (χ1v) is 4.32. The molecule has 0 radical (unpaired) electrons. The normalized spacial score (nSPS) is 8.69. The molecule has 1 heteroatoms. The highest BCUT2D eigenvalue weighted by Crippen LogP contribution is 2.00. The van der Waals surface area contributed by atoms with Crippen LogP contribution in [0.1, 0.15) is 24.0 Å². The van der Waals surface area contributed by atoms with E-state index >= 15 is 0 Å². The van der Waals surface area contributed by atoms with Gasteiger partial charge in [0.1, 0.15) is 6.29 Å². The number of aryl methyl sites for hydroxylation is 1. The fourth-order valence-electron chi connectivity index (χ4n) is 0.933. The summed E-state index contributed by atoms with van der Waals surface area (Å²) in [6.45, 7) is 2.05. The van der Waals surface area contributed by atoms with Crippen LogP contribution in [0.25, 0.3) is 0 Å². The SMILES string of the molecule is Cc1ccc(C#CCCC=O)cc1. The van der Waals surface area contributed by atoms with Gasteiger partial charge in [-0.3, -0.25) is 0 Å². The van der Waals surface area contributed by atoms with Gasteiger partial charge in [0.2, 0.25) is 0 Å². The molecule has 66 valence electrons. The Bertz CT molecular complexity index is 324. The average molecular weight is 172 g/mol. The molecule has 0 fully saturated rings. The van der Waals surface area contributed by atoms with Crippen LogP contribution in [0, 0.1) is 18.8 Å². The standard InChI is InChI=1S/C12H12O/c1-11-6-8-12(9-7-11)5-3-2-4-10-13/h6-10H,2,4H2,1H3. The molecule has 0 saturated heterocycles. The van der Waals surface area contributed by atoms with E-state index in [1.54, 1.807) is 0 Å². The maximum Gasteiger partial charge on any atom is 0.120 e. The number of aldehydes is 1. The molecular weight excluding hydrogens is 160 g/mol. The number of carbonyl (C=O) groups is 1. The van der Waals surface area contributed by atoms with Gasteiger partial charge in [0.25, 0.3) is 0 Å². The molecule has 0 bridgehead atoms. The Morgan fingerprint density at radius 2 is 2.00 bits per heavy atom. The molecule has 13 heavy (non-hydrogen) atoms. The topological polar surface area (TPSA) is 17.1 Å². The summed E-state index contributed by atoms with van der Waals surface area (Å²) >= 11 is 0. The molecule has 0 aliphatic carbocycles. The Morgan fingerprint density at radius 1 is 1.31 bits per heavy atom. The van der Waals surface area contributed by atoms with E-state index in [4.69, 9.17) is 0 Å². The summed E-state index contributed by atoms with van der Waals surface area (Å²) in [5.41, 5.74) is 2.25. The molecule has 0 aliphatic heterocycles. The van der Waals surface area contributed by atoms with Gasteiger partial charge >= 0.3 is 0 Å². The van der Waals surface area contributed by atoms with Crippen molar-refractivity contribution in [1.82, 2.24) is 0 Å². The first kappa shape index (κ1) is 9.54. The van der Waals surface area contributed by atoms with Crippen LogP contribution in [-0.4, -0.2) is 6.29 Å². The van der Waals surface area contributed by atoms with Gasteiger partial charge in [-0.15, -0.1) is 0 Å². The Balaban J connectivity index is 2.56. The fraction of sp³-hybridized carbons (Fsp3) is 0.250. The predicted octanol–water partition coefficient (Wildman–Crippen LogP) is 2.33. The van der Waals surface area contributed by atoms with Crippen molar-refractivity contribution >= 4 is 6.29 Å². The lowest BCUT2D eigenvalue weighted by Crippen LogP contribution is -1.76. The zero-order chi connectivity index (χ0) is 9.52. The quantitative estimate of drug-likeness (QED) is 0.380. The Labute approximate surface area is 78.8 Å². The second kappa shape index (κ2) is 5.16. The minimum absolute atomic E-state index is 0.527. The molecule has 1 rings (SSSR count). The molecule has 1 aromatic carbocycles. The summed E-state index contributed by atoms with van der Waals surface area (Å²) < 4.78 is 0. The van der Waals surface area contributed by atoms with Crippen molar-refractivity contribution in [3.63, 3.8) is 0 Å². The third-order valence-electron chi connectivity index (χ3n) is 1.67. The van der Waals surface area contributed by atoms with Crippen molar-refractivity contribution in [2.75, 3.05) is 0 Å². The Hall–Kier alpha value is -1.55. The lowest BCUT2D eigenvalue weighted by molar-refractivity contribution is -0.107. The van der Waals surface area contributed by atoms with Gasteiger partial charge in [-0.1, -0.05) is 29.5 Å². The second-order valence-electron chi connectivity index (χ2n) is 2.87. The van der Waals surface area contributed by atoms with E-state index in [2.05, 4.69) is 11.8 Å². The molecule has 0 amide bonds. The number of benzene rings is 1. The highest BCUT2D eigenvalue weighted by molar-refractivity contribution is 5.50. The predicted molar refractivity (Wildman–Crippen MR) is 53.4 cm³/mol.